The molecule has 0 bridgehead atoms. The first-order valence-corrected chi connectivity index (χ1v) is 10.3. The molecule has 0 aliphatic rings. The molecular weight excluding hydrogens is 388 g/mol. The van der Waals surface area contributed by atoms with Crippen LogP contribution in [0, 0.1) is 20.8 Å². The second-order valence-corrected chi connectivity index (χ2v) is 8.14. The minimum atomic E-state index is -0.403. The van der Waals surface area contributed by atoms with Gasteiger partial charge < -0.3 is 19.7 Å². The number of nitrogens with zero attached hydrogens (tertiary/aromatic N) is 2. The van der Waals surface area contributed by atoms with Gasteiger partial charge in [0.05, 0.1) is 11.0 Å². The summed E-state index contributed by atoms with van der Waals surface area (Å²) in [5.74, 6) is 0.779. The molecule has 152 valence electrons. The van der Waals surface area contributed by atoms with Crippen molar-refractivity contribution in [1.82, 2.24) is 9.72 Å². The monoisotopic (exact) mass is 412 g/mol. The van der Waals surface area contributed by atoms with Crippen LogP contribution in [0.4, 0.5) is 11.5 Å². The summed E-state index contributed by atoms with van der Waals surface area (Å²) < 4.78 is 7.07. The summed E-state index contributed by atoms with van der Waals surface area (Å²) in [6.07, 6.45) is 0. The van der Waals surface area contributed by atoms with E-state index in [0.717, 1.165) is 22.8 Å². The van der Waals surface area contributed by atoms with E-state index in [-0.39, 0.29) is 17.6 Å². The lowest BCUT2D eigenvalue weighted by Crippen LogP contribution is -2.25. The van der Waals surface area contributed by atoms with Crippen molar-refractivity contribution in [2.24, 2.45) is 0 Å². The van der Waals surface area contributed by atoms with Gasteiger partial charge in [-0.25, -0.2) is 0 Å². The van der Waals surface area contributed by atoms with E-state index in [1.807, 2.05) is 24.3 Å². The van der Waals surface area contributed by atoms with Crippen molar-refractivity contribution < 1.29 is 14.1 Å². The third-order valence-corrected chi connectivity index (χ3v) is 5.54. The Bertz CT molecular complexity index is 988. The lowest BCUT2D eigenvalue weighted by molar-refractivity contribution is -0.115. The SMILES string of the molecule is Cc1cc(NC(=O)[C@@H](C)SCC(=O)Nc2ccc(-n3c(C)ccc3C)cc2)no1. The molecule has 3 aromatic rings. The normalized spacial score (nSPS) is 11.9. The zero-order chi connectivity index (χ0) is 21.0. The Morgan fingerprint density at radius 2 is 1.72 bits per heavy atom. The Hall–Kier alpha value is -3.00. The summed E-state index contributed by atoms with van der Waals surface area (Å²) >= 11 is 1.26. The lowest BCUT2D eigenvalue weighted by Gasteiger charge is -2.12. The zero-order valence-electron chi connectivity index (χ0n) is 16.9. The summed E-state index contributed by atoms with van der Waals surface area (Å²) in [5, 5.41) is 8.85. The smallest absolute Gasteiger partial charge is 0.238 e. The van der Waals surface area contributed by atoms with Crippen molar-refractivity contribution in [2.75, 3.05) is 16.4 Å². The van der Waals surface area contributed by atoms with Gasteiger partial charge in [-0.15, -0.1) is 11.8 Å². The number of rotatable bonds is 7. The molecule has 1 atom stereocenters. The van der Waals surface area contributed by atoms with Gasteiger partial charge in [0.15, 0.2) is 5.82 Å². The molecule has 2 amide bonds. The first kappa shape index (κ1) is 20.7. The molecule has 0 fully saturated rings. The fraction of sp³-hybridized carbons (Fsp3) is 0.286. The molecule has 0 aliphatic carbocycles. The number of nitrogens with one attached hydrogen (secondary N) is 2. The van der Waals surface area contributed by atoms with Gasteiger partial charge in [0.2, 0.25) is 11.8 Å². The van der Waals surface area contributed by atoms with Gasteiger partial charge in [-0.2, -0.15) is 0 Å². The van der Waals surface area contributed by atoms with Crippen molar-refractivity contribution in [2.45, 2.75) is 32.9 Å². The largest absolute Gasteiger partial charge is 0.360 e. The van der Waals surface area contributed by atoms with E-state index in [2.05, 4.69) is 46.3 Å². The van der Waals surface area contributed by atoms with Crippen molar-refractivity contribution in [3.63, 3.8) is 0 Å². The number of anilines is 2. The first-order chi connectivity index (χ1) is 13.8. The van der Waals surface area contributed by atoms with Crippen LogP contribution in [0.1, 0.15) is 24.1 Å². The third-order valence-electron chi connectivity index (χ3n) is 4.39. The summed E-state index contributed by atoms with van der Waals surface area (Å²) in [5.41, 5.74) is 4.08. The molecule has 2 heterocycles. The second kappa shape index (κ2) is 9.00. The fourth-order valence-corrected chi connectivity index (χ4v) is 3.58. The number of carbonyl (C=O) groups is 2. The number of hydrogen-bond acceptors (Lipinski definition) is 5. The molecule has 2 N–H and O–H groups in total. The maximum atomic E-state index is 12.2. The van der Waals surface area contributed by atoms with Gasteiger partial charge >= 0.3 is 0 Å². The number of aromatic nitrogens is 2. The van der Waals surface area contributed by atoms with Crippen LogP contribution in [-0.2, 0) is 9.59 Å². The van der Waals surface area contributed by atoms with Crippen LogP contribution in [0.2, 0.25) is 0 Å². The molecule has 29 heavy (non-hydrogen) atoms. The average molecular weight is 413 g/mol. The van der Waals surface area contributed by atoms with Gasteiger partial charge in [-0.05, 0) is 64.1 Å². The fourth-order valence-electron chi connectivity index (χ4n) is 2.90. The van der Waals surface area contributed by atoms with Crippen molar-refractivity contribution in [1.29, 1.82) is 0 Å². The standard InChI is InChI=1S/C21H24N4O3S/c1-13-5-6-14(2)25(13)18-9-7-17(8-10-18)22-20(26)12-29-16(4)21(27)23-19-11-15(3)28-24-19/h5-11,16H,12H2,1-4H3,(H,22,26)(H,23,24,27)/t16-/m1/s1. The number of amides is 2. The molecule has 0 unspecified atom stereocenters. The molecule has 2 aromatic heterocycles. The van der Waals surface area contributed by atoms with E-state index in [0.29, 0.717) is 11.6 Å². The Labute approximate surface area is 173 Å². The number of thioether (sulfide) groups is 1. The quantitative estimate of drug-likeness (QED) is 0.610. The second-order valence-electron chi connectivity index (χ2n) is 6.81. The number of aryl methyl sites for hydroxylation is 3. The molecule has 8 heteroatoms. The highest BCUT2D eigenvalue weighted by Crippen LogP contribution is 2.19. The summed E-state index contributed by atoms with van der Waals surface area (Å²) in [7, 11) is 0. The average Bonchev–Trinajstić information content (AvgIpc) is 3.25. The molecule has 0 saturated heterocycles. The topological polar surface area (TPSA) is 89.2 Å². The predicted octanol–water partition coefficient (Wildman–Crippen LogP) is 4.09. The Morgan fingerprint density at radius 3 is 2.31 bits per heavy atom. The van der Waals surface area contributed by atoms with Gasteiger partial charge in [0.1, 0.15) is 5.76 Å². The van der Waals surface area contributed by atoms with E-state index in [1.54, 1.807) is 19.9 Å². The first-order valence-electron chi connectivity index (χ1n) is 9.24. The molecule has 3 rings (SSSR count). The lowest BCUT2D eigenvalue weighted by atomic mass is 10.2. The van der Waals surface area contributed by atoms with Crippen LogP contribution < -0.4 is 10.6 Å². The Balaban J connectivity index is 1.49. The zero-order valence-corrected chi connectivity index (χ0v) is 17.7. The van der Waals surface area contributed by atoms with E-state index in [1.165, 1.54) is 11.8 Å². The van der Waals surface area contributed by atoms with Crippen LogP contribution in [-0.4, -0.2) is 32.5 Å². The van der Waals surface area contributed by atoms with E-state index in [4.69, 9.17) is 4.52 Å². The van der Waals surface area contributed by atoms with Crippen LogP contribution in [0.5, 0.6) is 0 Å². The maximum absolute atomic E-state index is 12.2. The van der Waals surface area contributed by atoms with Crippen molar-refractivity contribution in [3.8, 4) is 5.69 Å². The van der Waals surface area contributed by atoms with Crippen LogP contribution in [0.15, 0.2) is 47.0 Å². The molecule has 0 aliphatic heterocycles. The number of carbonyl (C=O) groups excluding carboxylic acids is 2. The van der Waals surface area contributed by atoms with Crippen LogP contribution in [0.25, 0.3) is 5.69 Å². The van der Waals surface area contributed by atoms with Crippen molar-refractivity contribution in [3.05, 3.63) is 59.6 Å². The summed E-state index contributed by atoms with van der Waals surface area (Å²) in [6, 6.07) is 13.5. The highest BCUT2D eigenvalue weighted by atomic mass is 32.2. The Kier molecular flexibility index (Phi) is 6.43. The van der Waals surface area contributed by atoms with Crippen molar-refractivity contribution >= 4 is 35.1 Å². The van der Waals surface area contributed by atoms with E-state index >= 15 is 0 Å². The van der Waals surface area contributed by atoms with Gasteiger partial charge in [-0.1, -0.05) is 5.16 Å². The van der Waals surface area contributed by atoms with E-state index in [9.17, 15) is 9.59 Å². The molecular formula is C21H24N4O3S. The number of benzene rings is 1. The van der Waals surface area contributed by atoms with Crippen LogP contribution in [0.3, 0.4) is 0 Å². The highest BCUT2D eigenvalue weighted by molar-refractivity contribution is 8.01. The van der Waals surface area contributed by atoms with Crippen LogP contribution >= 0.6 is 11.8 Å². The van der Waals surface area contributed by atoms with Gasteiger partial charge in [0, 0.05) is 28.8 Å². The highest BCUT2D eigenvalue weighted by Gasteiger charge is 2.17. The molecule has 0 spiro atoms. The Morgan fingerprint density at radius 1 is 1.07 bits per heavy atom. The molecule has 0 radical (unpaired) electrons. The summed E-state index contributed by atoms with van der Waals surface area (Å²) in [4.78, 5) is 24.4. The summed E-state index contributed by atoms with van der Waals surface area (Å²) in [6.45, 7) is 7.61. The molecule has 0 saturated carbocycles. The minimum Gasteiger partial charge on any atom is -0.360 e. The maximum Gasteiger partial charge on any atom is 0.238 e. The van der Waals surface area contributed by atoms with E-state index < -0.39 is 5.25 Å². The van der Waals surface area contributed by atoms with Gasteiger partial charge in [0.25, 0.3) is 0 Å². The molecule has 1 aromatic carbocycles. The third kappa shape index (κ3) is 5.29. The minimum absolute atomic E-state index is 0.159. The molecule has 7 nitrogen and oxygen atoms in total. The predicted molar refractivity (Wildman–Crippen MR) is 116 cm³/mol. The number of hydrogen-bond donors (Lipinski definition) is 2. The van der Waals surface area contributed by atoms with Gasteiger partial charge in [-0.3, -0.25) is 9.59 Å².